The maximum absolute atomic E-state index is 6.64. The summed E-state index contributed by atoms with van der Waals surface area (Å²) >= 11 is 0. The van der Waals surface area contributed by atoms with Crippen LogP contribution in [0.15, 0.2) is 11.8 Å². The molecule has 0 aromatic carbocycles. The number of allylic oxidation sites excluding steroid dienone is 1. The first-order valence-corrected chi connectivity index (χ1v) is 2.03. The zero-order chi connectivity index (χ0) is 5.70. The van der Waals surface area contributed by atoms with Gasteiger partial charge in [0.05, 0.1) is 0 Å². The Labute approximate surface area is 42.7 Å². The Hall–Kier alpha value is -0.670. The van der Waals surface area contributed by atoms with Crippen molar-refractivity contribution in [3.63, 3.8) is 0 Å². The Kier molecular flexibility index (Phi) is 3.18. The zero-order valence-corrected chi connectivity index (χ0v) is 4.31. The van der Waals surface area contributed by atoms with Gasteiger partial charge in [0.2, 0.25) is 0 Å². The Balaban J connectivity index is 3.49. The van der Waals surface area contributed by atoms with E-state index in [-0.39, 0.29) is 0 Å². The Morgan fingerprint density at radius 2 is 2.43 bits per heavy atom. The van der Waals surface area contributed by atoms with E-state index in [4.69, 9.17) is 11.3 Å². The molecule has 0 bridgehead atoms. The molecule has 0 aliphatic carbocycles. The predicted molar refractivity (Wildman–Crippen MR) is 28.7 cm³/mol. The van der Waals surface area contributed by atoms with Gasteiger partial charge in [0.1, 0.15) is 6.20 Å². The molecular weight excluding hydrogens is 90.1 g/mol. The monoisotopic (exact) mass is 100 g/mol. The summed E-state index contributed by atoms with van der Waals surface area (Å²) in [5, 5.41) is 6.64. The Morgan fingerprint density at radius 3 is 2.57 bits per heavy atom. The fourth-order valence-corrected chi connectivity index (χ4v) is 0.200. The van der Waals surface area contributed by atoms with E-state index in [1.807, 2.05) is 6.92 Å². The third-order valence-corrected chi connectivity index (χ3v) is 0.587. The lowest BCUT2D eigenvalue weighted by Gasteiger charge is -1.80. The van der Waals surface area contributed by atoms with Crippen molar-refractivity contribution in [3.05, 3.63) is 11.8 Å². The summed E-state index contributed by atoms with van der Waals surface area (Å²) < 4.78 is 0. The number of hydrogen-bond acceptors (Lipinski definition) is 2. The van der Waals surface area contributed by atoms with Crippen molar-refractivity contribution in [2.45, 2.75) is 6.92 Å². The number of nitrogens with one attached hydrogen (secondary N) is 1. The van der Waals surface area contributed by atoms with Crippen molar-refractivity contribution >= 4 is 6.21 Å². The Morgan fingerprint density at radius 1 is 1.86 bits per heavy atom. The second kappa shape index (κ2) is 3.52. The van der Waals surface area contributed by atoms with Gasteiger partial charge in [-0.3, -0.25) is 0 Å². The number of hydrogen-bond donors (Lipinski definition) is 3. The summed E-state index contributed by atoms with van der Waals surface area (Å²) in [6.45, 7) is 1.82. The van der Waals surface area contributed by atoms with E-state index in [9.17, 15) is 0 Å². The summed E-state index contributed by atoms with van der Waals surface area (Å²) in [7, 11) is 0. The molecule has 0 aliphatic heterocycles. The molecule has 3 heteroatoms. The fourth-order valence-electron chi connectivity index (χ4n) is 0.200. The first-order valence-electron chi connectivity index (χ1n) is 2.03. The normalized spacial score (nSPS) is 11.4. The molecule has 5 N–H and O–H groups in total. The highest BCUT2D eigenvalue weighted by molar-refractivity contribution is 5.73. The second-order valence-electron chi connectivity index (χ2n) is 1.25. The van der Waals surface area contributed by atoms with E-state index in [2.05, 4.69) is 0 Å². The van der Waals surface area contributed by atoms with Crippen LogP contribution in [0.2, 0.25) is 0 Å². The molecule has 0 saturated heterocycles. The quantitative estimate of drug-likeness (QED) is 0.232. The van der Waals surface area contributed by atoms with Gasteiger partial charge in [-0.15, -0.1) is 0 Å². The van der Waals surface area contributed by atoms with Gasteiger partial charge in [-0.1, -0.05) is 0 Å². The molecule has 0 unspecified atom stereocenters. The molecule has 0 aliphatic rings. The molecule has 0 saturated carbocycles. The van der Waals surface area contributed by atoms with E-state index in [1.165, 1.54) is 11.6 Å². The average Bonchev–Trinajstić information content (AvgIpc) is 1.68. The predicted octanol–water partition coefficient (Wildman–Crippen LogP) is -1.02. The SMILES string of the molecule is CC(C=N)=C[NH2+]N. The molecule has 0 aromatic rings. The molecule has 7 heavy (non-hydrogen) atoms. The number of nitrogens with two attached hydrogens (primary N) is 2. The van der Waals surface area contributed by atoms with E-state index in [0.717, 1.165) is 5.57 Å². The van der Waals surface area contributed by atoms with Gasteiger partial charge < -0.3 is 5.41 Å². The van der Waals surface area contributed by atoms with Crippen LogP contribution in [0.25, 0.3) is 0 Å². The third kappa shape index (κ3) is 3.15. The van der Waals surface area contributed by atoms with Gasteiger partial charge in [0.15, 0.2) is 0 Å². The standard InChI is InChI=1S/C4H9N3/c1-4(2-5)3-7-6/h2-3,5,7H,6H2,1H3/p+1. The number of quaternary nitrogens is 1. The molecule has 0 amide bonds. The minimum atomic E-state index is 0.863. The van der Waals surface area contributed by atoms with Crippen LogP contribution in [0.5, 0.6) is 0 Å². The molecule has 0 aromatic heterocycles. The van der Waals surface area contributed by atoms with Crippen LogP contribution in [-0.4, -0.2) is 6.21 Å². The maximum atomic E-state index is 6.64. The fraction of sp³-hybridized carbons (Fsp3) is 0.250. The van der Waals surface area contributed by atoms with Crippen molar-refractivity contribution in [1.82, 2.24) is 0 Å². The minimum Gasteiger partial charge on any atom is -0.308 e. The average molecular weight is 100 g/mol. The van der Waals surface area contributed by atoms with Gasteiger partial charge in [-0.05, 0) is 6.92 Å². The maximum Gasteiger partial charge on any atom is 0.116 e. The summed E-state index contributed by atoms with van der Waals surface area (Å²) in [5.74, 6) is 5.00. The molecule has 0 heterocycles. The van der Waals surface area contributed by atoms with Crippen LogP contribution in [0.1, 0.15) is 6.92 Å². The lowest BCUT2D eigenvalue weighted by molar-refractivity contribution is -0.601. The minimum absolute atomic E-state index is 0.863. The van der Waals surface area contributed by atoms with Crippen LogP contribution in [-0.2, 0) is 0 Å². The van der Waals surface area contributed by atoms with Crippen molar-refractivity contribution in [2.24, 2.45) is 5.84 Å². The van der Waals surface area contributed by atoms with Crippen molar-refractivity contribution in [3.8, 4) is 0 Å². The molecule has 0 rings (SSSR count). The van der Waals surface area contributed by atoms with E-state index < -0.39 is 0 Å². The van der Waals surface area contributed by atoms with Gasteiger partial charge in [0.25, 0.3) is 0 Å². The summed E-state index contributed by atoms with van der Waals surface area (Å²) in [5.41, 5.74) is 2.28. The van der Waals surface area contributed by atoms with Crippen molar-refractivity contribution in [1.29, 1.82) is 5.41 Å². The molecule has 0 spiro atoms. The van der Waals surface area contributed by atoms with Gasteiger partial charge in [0, 0.05) is 11.8 Å². The summed E-state index contributed by atoms with van der Waals surface area (Å²) in [4.78, 5) is 0. The van der Waals surface area contributed by atoms with Crippen LogP contribution < -0.4 is 11.3 Å². The van der Waals surface area contributed by atoms with Gasteiger partial charge >= 0.3 is 0 Å². The highest BCUT2D eigenvalue weighted by atomic mass is 15.2. The highest BCUT2D eigenvalue weighted by Crippen LogP contribution is 1.75. The zero-order valence-electron chi connectivity index (χ0n) is 4.31. The Bertz CT molecular complexity index is 84.9. The van der Waals surface area contributed by atoms with Crippen LogP contribution in [0.3, 0.4) is 0 Å². The molecule has 40 valence electrons. The van der Waals surface area contributed by atoms with Crippen LogP contribution >= 0.6 is 0 Å². The largest absolute Gasteiger partial charge is 0.308 e. The first kappa shape index (κ1) is 6.33. The van der Waals surface area contributed by atoms with Crippen LogP contribution in [0, 0.1) is 5.41 Å². The lowest BCUT2D eigenvalue weighted by Crippen LogP contribution is -2.85. The van der Waals surface area contributed by atoms with E-state index in [0.29, 0.717) is 0 Å². The number of rotatable bonds is 2. The highest BCUT2D eigenvalue weighted by Gasteiger charge is 1.76. The first-order chi connectivity index (χ1) is 3.31. The van der Waals surface area contributed by atoms with Crippen molar-refractivity contribution < 1.29 is 5.43 Å². The molecule has 0 atom stereocenters. The molecule has 0 fully saturated rings. The summed E-state index contributed by atoms with van der Waals surface area (Å²) in [6, 6.07) is 0. The van der Waals surface area contributed by atoms with Gasteiger partial charge in [-0.2, -0.15) is 5.84 Å². The van der Waals surface area contributed by atoms with E-state index in [1.54, 1.807) is 6.20 Å². The smallest absolute Gasteiger partial charge is 0.116 e. The molecular formula is C4H10N3+. The lowest BCUT2D eigenvalue weighted by atomic mass is 10.4. The van der Waals surface area contributed by atoms with Gasteiger partial charge in [-0.25, -0.2) is 5.43 Å². The molecule has 3 nitrogen and oxygen atoms in total. The summed E-state index contributed by atoms with van der Waals surface area (Å²) in [6.07, 6.45) is 2.93. The molecule has 0 radical (unpaired) electrons. The topological polar surface area (TPSA) is 66.5 Å². The third-order valence-electron chi connectivity index (χ3n) is 0.587. The second-order valence-corrected chi connectivity index (χ2v) is 1.25. The van der Waals surface area contributed by atoms with E-state index >= 15 is 0 Å². The van der Waals surface area contributed by atoms with Crippen molar-refractivity contribution in [2.75, 3.05) is 0 Å². The van der Waals surface area contributed by atoms with Crippen LogP contribution in [0.4, 0.5) is 0 Å².